The van der Waals surface area contributed by atoms with E-state index in [1.54, 1.807) is 12.3 Å². The molecule has 1 N–H and O–H groups in total. The lowest BCUT2D eigenvalue weighted by Gasteiger charge is -2.35. The molecular formula is C17H16F3N5. The van der Waals surface area contributed by atoms with E-state index in [2.05, 4.69) is 15.3 Å². The van der Waals surface area contributed by atoms with Gasteiger partial charge in [-0.1, -0.05) is 0 Å². The fourth-order valence-corrected chi connectivity index (χ4v) is 2.98. The monoisotopic (exact) mass is 347 g/mol. The van der Waals surface area contributed by atoms with E-state index in [0.717, 1.165) is 25.0 Å². The summed E-state index contributed by atoms with van der Waals surface area (Å²) in [4.78, 5) is 9.93. The summed E-state index contributed by atoms with van der Waals surface area (Å²) in [6.45, 7) is 1.28. The first kappa shape index (κ1) is 17.0. The van der Waals surface area contributed by atoms with E-state index in [-0.39, 0.29) is 11.6 Å². The number of piperidine rings is 1. The minimum Gasteiger partial charge on any atom is -0.368 e. The van der Waals surface area contributed by atoms with E-state index in [1.807, 2.05) is 11.0 Å². The maximum Gasteiger partial charge on any atom is 0.416 e. The third-order valence-electron chi connectivity index (χ3n) is 4.14. The Morgan fingerprint density at radius 3 is 2.80 bits per heavy atom. The lowest BCUT2D eigenvalue weighted by molar-refractivity contribution is -0.137. The number of nitrogens with one attached hydrogen (secondary N) is 1. The molecule has 25 heavy (non-hydrogen) atoms. The van der Waals surface area contributed by atoms with Crippen molar-refractivity contribution in [1.29, 1.82) is 5.26 Å². The summed E-state index contributed by atoms with van der Waals surface area (Å²) in [6, 6.07) is 7.07. The summed E-state index contributed by atoms with van der Waals surface area (Å²) < 4.78 is 38.5. The van der Waals surface area contributed by atoms with Crippen LogP contribution in [0.5, 0.6) is 0 Å². The predicted octanol–water partition coefficient (Wildman–Crippen LogP) is 3.45. The number of benzene rings is 1. The second-order valence-corrected chi connectivity index (χ2v) is 5.87. The van der Waals surface area contributed by atoms with E-state index in [4.69, 9.17) is 0 Å². The zero-order valence-electron chi connectivity index (χ0n) is 13.3. The fraction of sp³-hybridized carbons (Fsp3) is 0.353. The maximum absolute atomic E-state index is 12.8. The van der Waals surface area contributed by atoms with Crippen molar-refractivity contribution >= 4 is 11.5 Å². The molecule has 1 aromatic carbocycles. The highest BCUT2D eigenvalue weighted by atomic mass is 19.4. The second kappa shape index (κ2) is 6.97. The highest BCUT2D eigenvalue weighted by Crippen LogP contribution is 2.33. The van der Waals surface area contributed by atoms with Crippen molar-refractivity contribution < 1.29 is 13.2 Å². The van der Waals surface area contributed by atoms with Gasteiger partial charge in [-0.25, -0.2) is 9.97 Å². The Kier molecular flexibility index (Phi) is 4.74. The van der Waals surface area contributed by atoms with Gasteiger partial charge in [-0.15, -0.1) is 0 Å². The predicted molar refractivity (Wildman–Crippen MR) is 87.0 cm³/mol. The summed E-state index contributed by atoms with van der Waals surface area (Å²) >= 11 is 0. The zero-order chi connectivity index (χ0) is 17.9. The van der Waals surface area contributed by atoms with E-state index in [0.29, 0.717) is 24.6 Å². The molecular weight excluding hydrogens is 331 g/mol. The molecule has 1 aliphatic heterocycles. The maximum atomic E-state index is 12.8. The van der Waals surface area contributed by atoms with Crippen molar-refractivity contribution in [2.75, 3.05) is 23.3 Å². The number of alkyl halides is 3. The highest BCUT2D eigenvalue weighted by Gasteiger charge is 2.32. The standard InChI is InChI=1S/C17H16F3N5/c18-17(19,20)13-3-4-15(12(8-13)9-21)25-7-1-2-14(10-25)24-16-5-6-22-11-23-16/h3-6,8,11,14H,1-2,7,10H2,(H,22,23,24). The van der Waals surface area contributed by atoms with Crippen LogP contribution in [-0.2, 0) is 6.18 Å². The van der Waals surface area contributed by atoms with Crippen LogP contribution in [0.3, 0.4) is 0 Å². The van der Waals surface area contributed by atoms with Gasteiger partial charge >= 0.3 is 6.18 Å². The first-order chi connectivity index (χ1) is 12.0. The van der Waals surface area contributed by atoms with E-state index in [1.165, 1.54) is 12.4 Å². The molecule has 0 amide bonds. The van der Waals surface area contributed by atoms with Gasteiger partial charge in [-0.05, 0) is 37.1 Å². The van der Waals surface area contributed by atoms with Crippen LogP contribution in [0.2, 0.25) is 0 Å². The van der Waals surface area contributed by atoms with Gasteiger partial charge in [-0.2, -0.15) is 18.4 Å². The third kappa shape index (κ3) is 3.99. The highest BCUT2D eigenvalue weighted by molar-refractivity contribution is 5.61. The summed E-state index contributed by atoms with van der Waals surface area (Å²) in [5.74, 6) is 0.703. The summed E-state index contributed by atoms with van der Waals surface area (Å²) in [6.07, 6.45) is 0.424. The Balaban J connectivity index is 1.78. The quantitative estimate of drug-likeness (QED) is 0.921. The number of hydrogen-bond acceptors (Lipinski definition) is 5. The van der Waals surface area contributed by atoms with Gasteiger partial charge in [0, 0.05) is 25.3 Å². The Morgan fingerprint density at radius 1 is 1.28 bits per heavy atom. The van der Waals surface area contributed by atoms with Crippen LogP contribution in [0.25, 0.3) is 0 Å². The van der Waals surface area contributed by atoms with Crippen molar-refractivity contribution in [1.82, 2.24) is 9.97 Å². The van der Waals surface area contributed by atoms with Crippen molar-refractivity contribution in [3.8, 4) is 6.07 Å². The Morgan fingerprint density at radius 2 is 2.12 bits per heavy atom. The van der Waals surface area contributed by atoms with Crippen molar-refractivity contribution in [3.05, 3.63) is 47.9 Å². The lowest BCUT2D eigenvalue weighted by Crippen LogP contribution is -2.42. The van der Waals surface area contributed by atoms with Gasteiger partial charge in [0.05, 0.1) is 16.8 Å². The molecule has 1 saturated heterocycles. The van der Waals surface area contributed by atoms with Crippen LogP contribution in [0.1, 0.15) is 24.0 Å². The molecule has 0 spiro atoms. The topological polar surface area (TPSA) is 64.8 Å². The summed E-state index contributed by atoms with van der Waals surface area (Å²) in [7, 11) is 0. The molecule has 0 bridgehead atoms. The number of nitrogens with zero attached hydrogens (tertiary/aromatic N) is 4. The van der Waals surface area contributed by atoms with Gasteiger partial charge in [0.2, 0.25) is 0 Å². The molecule has 1 aliphatic rings. The summed E-state index contributed by atoms with van der Waals surface area (Å²) in [5, 5.41) is 12.6. The molecule has 2 aromatic rings. The molecule has 1 unspecified atom stereocenters. The second-order valence-electron chi connectivity index (χ2n) is 5.87. The van der Waals surface area contributed by atoms with Crippen molar-refractivity contribution in [2.45, 2.75) is 25.1 Å². The average molecular weight is 347 g/mol. The van der Waals surface area contributed by atoms with E-state index < -0.39 is 11.7 Å². The Hall–Kier alpha value is -2.82. The Bertz CT molecular complexity index is 770. The minimum atomic E-state index is -4.46. The van der Waals surface area contributed by atoms with Crippen LogP contribution >= 0.6 is 0 Å². The van der Waals surface area contributed by atoms with Gasteiger partial charge in [-0.3, -0.25) is 0 Å². The average Bonchev–Trinajstić information content (AvgIpc) is 2.61. The smallest absolute Gasteiger partial charge is 0.368 e. The number of nitriles is 1. The molecule has 5 nitrogen and oxygen atoms in total. The van der Waals surface area contributed by atoms with Gasteiger partial charge < -0.3 is 10.2 Å². The molecule has 1 fully saturated rings. The molecule has 0 radical (unpaired) electrons. The number of halogens is 3. The third-order valence-corrected chi connectivity index (χ3v) is 4.14. The molecule has 2 heterocycles. The molecule has 130 valence electrons. The van der Waals surface area contributed by atoms with Gasteiger partial charge in [0.1, 0.15) is 18.2 Å². The van der Waals surface area contributed by atoms with Gasteiger partial charge in [0.25, 0.3) is 0 Å². The first-order valence-electron chi connectivity index (χ1n) is 7.86. The molecule has 1 atom stereocenters. The zero-order valence-corrected chi connectivity index (χ0v) is 13.3. The van der Waals surface area contributed by atoms with Crippen LogP contribution in [0.4, 0.5) is 24.7 Å². The van der Waals surface area contributed by atoms with E-state index in [9.17, 15) is 18.4 Å². The van der Waals surface area contributed by atoms with Crippen LogP contribution in [0.15, 0.2) is 36.8 Å². The van der Waals surface area contributed by atoms with Crippen LogP contribution in [-0.4, -0.2) is 29.1 Å². The first-order valence-corrected chi connectivity index (χ1v) is 7.86. The number of rotatable bonds is 3. The normalized spacial score (nSPS) is 17.8. The molecule has 3 rings (SSSR count). The Labute approximate surface area is 143 Å². The van der Waals surface area contributed by atoms with Crippen molar-refractivity contribution in [2.24, 2.45) is 0 Å². The number of anilines is 2. The van der Waals surface area contributed by atoms with Gasteiger partial charge in [0.15, 0.2) is 0 Å². The lowest BCUT2D eigenvalue weighted by atomic mass is 10.0. The molecule has 0 aliphatic carbocycles. The molecule has 0 saturated carbocycles. The fourth-order valence-electron chi connectivity index (χ4n) is 2.98. The van der Waals surface area contributed by atoms with E-state index >= 15 is 0 Å². The minimum absolute atomic E-state index is 0.0394. The number of aromatic nitrogens is 2. The van der Waals surface area contributed by atoms with Crippen molar-refractivity contribution in [3.63, 3.8) is 0 Å². The summed E-state index contributed by atoms with van der Waals surface area (Å²) in [5.41, 5.74) is -0.234. The number of hydrogen-bond donors (Lipinski definition) is 1. The largest absolute Gasteiger partial charge is 0.416 e. The SMILES string of the molecule is N#Cc1cc(C(F)(F)F)ccc1N1CCCC(Nc2ccncn2)C1. The van der Waals surface area contributed by atoms with Crippen LogP contribution < -0.4 is 10.2 Å². The van der Waals surface area contributed by atoms with Crippen LogP contribution in [0, 0.1) is 11.3 Å². The molecule has 1 aromatic heterocycles. The molecule has 8 heteroatoms.